The van der Waals surface area contributed by atoms with Crippen molar-refractivity contribution in [3.05, 3.63) is 65.4 Å². The van der Waals surface area contributed by atoms with E-state index in [4.69, 9.17) is 5.10 Å². The van der Waals surface area contributed by atoms with Gasteiger partial charge in [-0.05, 0) is 90.2 Å². The number of aromatic nitrogens is 2. The highest BCUT2D eigenvalue weighted by Crippen LogP contribution is 2.45. The van der Waals surface area contributed by atoms with E-state index in [1.54, 1.807) is 35.6 Å². The van der Waals surface area contributed by atoms with Crippen molar-refractivity contribution in [3.8, 4) is 45.1 Å². The van der Waals surface area contributed by atoms with Crippen molar-refractivity contribution >= 4 is 11.3 Å². The summed E-state index contributed by atoms with van der Waals surface area (Å²) in [6, 6.07) is 17.1. The van der Waals surface area contributed by atoms with Gasteiger partial charge in [-0.2, -0.15) is 16.4 Å². The molecule has 1 aliphatic rings. The minimum atomic E-state index is 0.248. The lowest BCUT2D eigenvalue weighted by Crippen LogP contribution is -2.19. The van der Waals surface area contributed by atoms with Crippen LogP contribution in [0.1, 0.15) is 25.3 Å². The molecule has 1 saturated carbocycles. The number of phenolic OH excluding ortho intramolecular Hbond substituents is 2. The Balaban J connectivity index is 1.80. The molecule has 5 rings (SSSR count). The zero-order chi connectivity index (χ0) is 19.1. The Kier molecular flexibility index (Phi) is 4.17. The molecule has 0 radical (unpaired) electrons. The molecular weight excluding hydrogens is 368 g/mol. The van der Waals surface area contributed by atoms with Gasteiger partial charge in [0.2, 0.25) is 0 Å². The second-order valence-corrected chi connectivity index (χ2v) is 7.99. The molecule has 140 valence electrons. The van der Waals surface area contributed by atoms with Crippen LogP contribution in [0.2, 0.25) is 0 Å². The van der Waals surface area contributed by atoms with Crippen LogP contribution in [0.25, 0.3) is 33.6 Å². The van der Waals surface area contributed by atoms with Gasteiger partial charge in [0.15, 0.2) is 0 Å². The standard InChI is InChI=1S/C23H20N2O2S/c26-19-8-4-15(5-9-19)22-21(17-12-13-28-14-17)23(16-6-10-20(27)11-7-16)25(24-22)18-2-1-3-18/h4-14,18,26-27H,1-3H2. The molecule has 0 bridgehead atoms. The smallest absolute Gasteiger partial charge is 0.115 e. The fourth-order valence-corrected chi connectivity index (χ4v) is 4.37. The van der Waals surface area contributed by atoms with Gasteiger partial charge in [0.05, 0.1) is 11.7 Å². The first kappa shape index (κ1) is 17.1. The molecule has 2 aromatic heterocycles. The van der Waals surface area contributed by atoms with Gasteiger partial charge in [-0.3, -0.25) is 4.68 Å². The topological polar surface area (TPSA) is 58.3 Å². The van der Waals surface area contributed by atoms with Crippen LogP contribution in [-0.2, 0) is 0 Å². The van der Waals surface area contributed by atoms with E-state index in [1.165, 1.54) is 6.42 Å². The maximum absolute atomic E-state index is 9.76. The van der Waals surface area contributed by atoms with E-state index in [1.807, 2.05) is 24.3 Å². The van der Waals surface area contributed by atoms with Crippen LogP contribution in [0.4, 0.5) is 0 Å². The Morgan fingerprint density at radius 1 is 0.821 bits per heavy atom. The molecule has 2 heterocycles. The molecule has 5 heteroatoms. The second kappa shape index (κ2) is 6.84. The zero-order valence-corrected chi connectivity index (χ0v) is 16.1. The monoisotopic (exact) mass is 388 g/mol. The Bertz CT molecular complexity index is 1090. The molecule has 0 atom stereocenters. The van der Waals surface area contributed by atoms with Gasteiger partial charge < -0.3 is 10.2 Å². The third-order valence-corrected chi connectivity index (χ3v) is 6.11. The molecular formula is C23H20N2O2S. The number of hydrogen-bond acceptors (Lipinski definition) is 4. The molecule has 0 spiro atoms. The van der Waals surface area contributed by atoms with Gasteiger partial charge in [0.1, 0.15) is 17.2 Å². The van der Waals surface area contributed by atoms with Gasteiger partial charge in [0.25, 0.3) is 0 Å². The minimum Gasteiger partial charge on any atom is -0.508 e. The fourth-order valence-electron chi connectivity index (χ4n) is 3.73. The summed E-state index contributed by atoms with van der Waals surface area (Å²) in [7, 11) is 0. The molecule has 28 heavy (non-hydrogen) atoms. The number of rotatable bonds is 4. The van der Waals surface area contributed by atoms with Gasteiger partial charge in [-0.15, -0.1) is 0 Å². The molecule has 4 nitrogen and oxygen atoms in total. The Morgan fingerprint density at radius 2 is 1.46 bits per heavy atom. The van der Waals surface area contributed by atoms with E-state index >= 15 is 0 Å². The van der Waals surface area contributed by atoms with Crippen LogP contribution in [0, 0.1) is 0 Å². The molecule has 1 aliphatic carbocycles. The van der Waals surface area contributed by atoms with Crippen LogP contribution in [0.3, 0.4) is 0 Å². The van der Waals surface area contributed by atoms with E-state index in [-0.39, 0.29) is 11.5 Å². The van der Waals surface area contributed by atoms with Crippen molar-refractivity contribution in [2.75, 3.05) is 0 Å². The number of thiophene rings is 1. The van der Waals surface area contributed by atoms with Crippen molar-refractivity contribution in [2.24, 2.45) is 0 Å². The summed E-state index contributed by atoms with van der Waals surface area (Å²) in [6.45, 7) is 0. The summed E-state index contributed by atoms with van der Waals surface area (Å²) < 4.78 is 2.17. The van der Waals surface area contributed by atoms with Crippen molar-refractivity contribution in [2.45, 2.75) is 25.3 Å². The van der Waals surface area contributed by atoms with Crippen molar-refractivity contribution in [1.29, 1.82) is 0 Å². The average Bonchev–Trinajstić information content (AvgIpc) is 3.30. The summed E-state index contributed by atoms with van der Waals surface area (Å²) in [5.41, 5.74) is 6.28. The molecule has 4 aromatic rings. The maximum Gasteiger partial charge on any atom is 0.115 e. The molecule has 0 unspecified atom stereocenters. The van der Waals surface area contributed by atoms with Crippen LogP contribution in [0.5, 0.6) is 11.5 Å². The number of nitrogens with zero attached hydrogens (tertiary/aromatic N) is 2. The van der Waals surface area contributed by atoms with Crippen LogP contribution >= 0.6 is 11.3 Å². The van der Waals surface area contributed by atoms with E-state index < -0.39 is 0 Å². The predicted octanol–water partition coefficient (Wildman–Crippen LogP) is 6.08. The predicted molar refractivity (Wildman–Crippen MR) is 113 cm³/mol. The van der Waals surface area contributed by atoms with Gasteiger partial charge >= 0.3 is 0 Å². The molecule has 2 aromatic carbocycles. The third kappa shape index (κ3) is 2.88. The molecule has 0 amide bonds. The van der Waals surface area contributed by atoms with E-state index in [0.29, 0.717) is 6.04 Å². The lowest BCUT2D eigenvalue weighted by Gasteiger charge is -2.27. The normalized spacial score (nSPS) is 14.1. The Labute approximate surface area is 167 Å². The first-order valence-corrected chi connectivity index (χ1v) is 10.4. The number of aromatic hydroxyl groups is 2. The van der Waals surface area contributed by atoms with Crippen LogP contribution < -0.4 is 0 Å². The fraction of sp³-hybridized carbons (Fsp3) is 0.174. The summed E-state index contributed by atoms with van der Waals surface area (Å²) in [4.78, 5) is 0. The Morgan fingerprint density at radius 3 is 2.00 bits per heavy atom. The largest absolute Gasteiger partial charge is 0.508 e. The highest BCUT2D eigenvalue weighted by Gasteiger charge is 2.29. The maximum atomic E-state index is 9.76. The molecule has 0 saturated heterocycles. The quantitative estimate of drug-likeness (QED) is 0.445. The highest BCUT2D eigenvalue weighted by atomic mass is 32.1. The average molecular weight is 388 g/mol. The van der Waals surface area contributed by atoms with Gasteiger partial charge in [0, 0.05) is 16.7 Å². The molecule has 2 N–H and O–H groups in total. The van der Waals surface area contributed by atoms with E-state index in [0.717, 1.165) is 46.5 Å². The second-order valence-electron chi connectivity index (χ2n) is 7.21. The number of benzene rings is 2. The van der Waals surface area contributed by atoms with E-state index in [2.05, 4.69) is 21.5 Å². The number of hydrogen-bond donors (Lipinski definition) is 2. The van der Waals surface area contributed by atoms with Crippen molar-refractivity contribution in [1.82, 2.24) is 9.78 Å². The van der Waals surface area contributed by atoms with Crippen molar-refractivity contribution in [3.63, 3.8) is 0 Å². The van der Waals surface area contributed by atoms with Crippen LogP contribution in [-0.4, -0.2) is 20.0 Å². The third-order valence-electron chi connectivity index (χ3n) is 5.42. The summed E-state index contributed by atoms with van der Waals surface area (Å²) in [5, 5.41) is 28.8. The highest BCUT2D eigenvalue weighted by molar-refractivity contribution is 7.08. The van der Waals surface area contributed by atoms with Gasteiger partial charge in [-0.25, -0.2) is 0 Å². The summed E-state index contributed by atoms with van der Waals surface area (Å²) >= 11 is 1.67. The number of phenols is 2. The minimum absolute atomic E-state index is 0.248. The summed E-state index contributed by atoms with van der Waals surface area (Å²) in [6.07, 6.45) is 3.48. The first-order chi connectivity index (χ1) is 13.7. The van der Waals surface area contributed by atoms with Crippen LogP contribution in [0.15, 0.2) is 65.4 Å². The first-order valence-electron chi connectivity index (χ1n) is 9.44. The molecule has 1 fully saturated rings. The zero-order valence-electron chi connectivity index (χ0n) is 15.2. The van der Waals surface area contributed by atoms with Crippen molar-refractivity contribution < 1.29 is 10.2 Å². The lowest BCUT2D eigenvalue weighted by molar-refractivity contribution is 0.293. The molecule has 0 aliphatic heterocycles. The lowest BCUT2D eigenvalue weighted by atomic mass is 9.92. The SMILES string of the molecule is Oc1ccc(-c2nn(C3CCC3)c(-c3ccc(O)cc3)c2-c2ccsc2)cc1. The summed E-state index contributed by atoms with van der Waals surface area (Å²) in [5.74, 6) is 0.507. The van der Waals surface area contributed by atoms with E-state index in [9.17, 15) is 10.2 Å². The van der Waals surface area contributed by atoms with Gasteiger partial charge in [-0.1, -0.05) is 0 Å². The Hall–Kier alpha value is -3.05.